The lowest BCUT2D eigenvalue weighted by atomic mass is 10.5. The van der Waals surface area contributed by atoms with Crippen molar-refractivity contribution in [2.45, 2.75) is 0 Å². The number of nitrogens with two attached hydrogens (primary N) is 1. The molecule has 0 atom stereocenters. The molecule has 6 nitrogen and oxygen atoms in total. The van der Waals surface area contributed by atoms with Crippen LogP contribution in [0.3, 0.4) is 0 Å². The van der Waals surface area contributed by atoms with Crippen molar-refractivity contribution in [1.29, 1.82) is 0 Å². The van der Waals surface area contributed by atoms with E-state index in [1.54, 1.807) is 7.98 Å². The van der Waals surface area contributed by atoms with Crippen molar-refractivity contribution < 1.29 is 0 Å². The summed E-state index contributed by atoms with van der Waals surface area (Å²) >= 11 is 0. The first-order chi connectivity index (χ1) is 3.41. The Balaban J connectivity index is 2.45. The lowest BCUT2D eigenvalue weighted by molar-refractivity contribution is 0.365. The van der Waals surface area contributed by atoms with Crippen LogP contribution in [0.15, 0.2) is 0 Å². The molecule has 0 rings (SSSR count). The van der Waals surface area contributed by atoms with Crippen LogP contribution in [-0.4, -0.2) is 7.98 Å². The molecule has 0 radical (unpaired) electrons. The fraction of sp³-hybridized carbons (Fsp3) is 0. The molecule has 7 N–H and O–H groups in total. The third-order valence-electron chi connectivity index (χ3n) is 0.322. The predicted molar refractivity (Wildman–Crippen MR) is 28.4 cm³/mol. The topological polar surface area (TPSA) is 86.2 Å². The summed E-state index contributed by atoms with van der Waals surface area (Å²) in [6.07, 6.45) is 0. The summed E-state index contributed by atoms with van der Waals surface area (Å²) in [6, 6.07) is 0. The summed E-state index contributed by atoms with van der Waals surface area (Å²) in [5.74, 6) is 4.78. The van der Waals surface area contributed by atoms with Gasteiger partial charge in [-0.1, -0.05) is 0 Å². The van der Waals surface area contributed by atoms with E-state index < -0.39 is 0 Å². The molecule has 0 aromatic heterocycles. The lowest BCUT2D eigenvalue weighted by Gasteiger charge is -2.03. The van der Waals surface area contributed by atoms with Crippen LogP contribution in [0.1, 0.15) is 0 Å². The highest BCUT2D eigenvalue weighted by Crippen LogP contribution is 1.15. The zero-order valence-electron chi connectivity index (χ0n) is 4.08. The minimum absolute atomic E-state index is 1.71. The summed E-state index contributed by atoms with van der Waals surface area (Å²) in [5, 5.41) is 2.58. The first-order valence-corrected chi connectivity index (χ1v) is 1.79. The number of nitrogens with one attached hydrogen (secondary N) is 5. The van der Waals surface area contributed by atoms with Gasteiger partial charge < -0.3 is 0 Å². The second-order valence-electron chi connectivity index (χ2n) is 0.769. The first kappa shape index (κ1) is 6.82. The Bertz CT molecular complexity index is 23.4. The minimum Gasteiger partial charge on any atom is -0.291 e. The van der Waals surface area contributed by atoms with Gasteiger partial charge in [-0.3, -0.25) is 11.2 Å². The molecule has 0 saturated heterocycles. The van der Waals surface area contributed by atoms with E-state index in [9.17, 15) is 0 Å². The van der Waals surface area contributed by atoms with Crippen molar-refractivity contribution in [1.82, 2.24) is 27.5 Å². The summed E-state index contributed by atoms with van der Waals surface area (Å²) in [4.78, 5) is 0. The van der Waals surface area contributed by atoms with Gasteiger partial charge in [0, 0.05) is 0 Å². The van der Waals surface area contributed by atoms with Crippen molar-refractivity contribution in [2.75, 3.05) is 0 Å². The van der Waals surface area contributed by atoms with Gasteiger partial charge in [-0.15, -0.1) is 0 Å². The van der Waals surface area contributed by atoms with Gasteiger partial charge in [-0.25, -0.2) is 0 Å². The van der Waals surface area contributed by atoms with E-state index in [1.807, 2.05) is 0 Å². The molecule has 0 aliphatic carbocycles. The van der Waals surface area contributed by atoms with E-state index in [4.69, 9.17) is 5.84 Å². The largest absolute Gasteiger partial charge is 0.291 e. The Hall–Kier alpha value is -0.175. The molecule has 0 heterocycles. The quantitative estimate of drug-likeness (QED) is 0.0943. The lowest BCUT2D eigenvalue weighted by Crippen LogP contribution is -2.56. The Labute approximate surface area is 42.5 Å². The zero-order chi connectivity index (χ0) is 5.54. The van der Waals surface area contributed by atoms with Crippen LogP contribution in [0.25, 0.3) is 0 Å². The summed E-state index contributed by atoms with van der Waals surface area (Å²) < 4.78 is 0. The average Bonchev–Trinajstić information content (AvgIpc) is 1.69. The standard InChI is InChI=1S/BH9N6/c1-3-5-7-6-4-2/h3-7H,1-2H2. The number of hydrogen-bond acceptors (Lipinski definition) is 6. The van der Waals surface area contributed by atoms with Gasteiger partial charge in [0.25, 0.3) is 0 Å². The monoisotopic (exact) mass is 104 g/mol. The first-order valence-electron chi connectivity index (χ1n) is 1.79. The Morgan fingerprint density at radius 2 is 1.86 bits per heavy atom. The molecule has 0 spiro atoms. The Kier molecular flexibility index (Phi) is 5.68. The van der Waals surface area contributed by atoms with Crippen LogP contribution in [0.5, 0.6) is 0 Å². The number of hydrogen-bond donors (Lipinski definition) is 6. The fourth-order valence-corrected chi connectivity index (χ4v) is 0.130. The fourth-order valence-electron chi connectivity index (χ4n) is 0.130. The smallest absolute Gasteiger partial charge is 0.203 e. The summed E-state index contributed by atoms with van der Waals surface area (Å²) in [5.41, 5.74) is 9.43. The van der Waals surface area contributed by atoms with Crippen molar-refractivity contribution >= 4 is 7.98 Å². The highest BCUT2D eigenvalue weighted by Gasteiger charge is 1.68. The molecule has 0 aromatic carbocycles. The van der Waals surface area contributed by atoms with Crippen molar-refractivity contribution in [3.05, 3.63) is 0 Å². The molecule has 7 heavy (non-hydrogen) atoms. The molecule has 0 unspecified atom stereocenters. The van der Waals surface area contributed by atoms with Gasteiger partial charge in [0.1, 0.15) is 0 Å². The average molecular weight is 104 g/mol. The minimum atomic E-state index is 1.71. The number of rotatable bonds is 4. The van der Waals surface area contributed by atoms with E-state index in [2.05, 4.69) is 27.5 Å². The molecule has 7 heteroatoms. The van der Waals surface area contributed by atoms with E-state index >= 15 is 0 Å². The Morgan fingerprint density at radius 1 is 1.14 bits per heavy atom. The molecule has 0 bridgehead atoms. The molecule has 42 valence electrons. The number of hydrazine groups is 5. The van der Waals surface area contributed by atoms with E-state index in [1.165, 1.54) is 0 Å². The maximum Gasteiger partial charge on any atom is 0.203 e. The highest BCUT2D eigenvalue weighted by molar-refractivity contribution is 6.03. The van der Waals surface area contributed by atoms with Crippen LogP contribution in [-0.2, 0) is 0 Å². The van der Waals surface area contributed by atoms with Crippen molar-refractivity contribution in [3.63, 3.8) is 0 Å². The van der Waals surface area contributed by atoms with Crippen LogP contribution in [0.4, 0.5) is 0 Å². The highest BCUT2D eigenvalue weighted by atomic mass is 15.8. The summed E-state index contributed by atoms with van der Waals surface area (Å²) in [6.45, 7) is 0. The molecule has 0 aromatic rings. The van der Waals surface area contributed by atoms with Gasteiger partial charge in [0.05, 0.1) is 0 Å². The maximum atomic E-state index is 4.78. The van der Waals surface area contributed by atoms with Crippen LogP contribution >= 0.6 is 0 Å². The van der Waals surface area contributed by atoms with Gasteiger partial charge in [0.15, 0.2) is 0 Å². The van der Waals surface area contributed by atoms with E-state index in [-0.39, 0.29) is 0 Å². The second-order valence-corrected chi connectivity index (χ2v) is 0.769. The predicted octanol–water partition coefficient (Wildman–Crippen LogP) is -3.98. The van der Waals surface area contributed by atoms with Crippen molar-refractivity contribution in [3.8, 4) is 0 Å². The van der Waals surface area contributed by atoms with E-state index in [0.717, 1.165) is 0 Å². The molecule has 0 saturated carbocycles. The Morgan fingerprint density at radius 3 is 2.29 bits per heavy atom. The van der Waals surface area contributed by atoms with E-state index in [0.29, 0.717) is 0 Å². The zero-order valence-corrected chi connectivity index (χ0v) is 4.08. The van der Waals surface area contributed by atoms with Gasteiger partial charge in [-0.2, -0.15) is 22.1 Å². The molecule has 0 fully saturated rings. The normalized spacial score (nSPS) is 9.29. The molecule has 0 aliphatic rings. The second kappa shape index (κ2) is 5.82. The molecular formula is H9BN6. The van der Waals surface area contributed by atoms with Crippen LogP contribution in [0, 0.1) is 0 Å². The van der Waals surface area contributed by atoms with Crippen LogP contribution in [0.2, 0.25) is 0 Å². The van der Waals surface area contributed by atoms with Crippen molar-refractivity contribution in [2.24, 2.45) is 5.84 Å². The van der Waals surface area contributed by atoms with Crippen LogP contribution < -0.4 is 33.3 Å². The van der Waals surface area contributed by atoms with Gasteiger partial charge in [0.2, 0.25) is 7.98 Å². The third-order valence-corrected chi connectivity index (χ3v) is 0.322. The maximum absolute atomic E-state index is 4.78. The molecular weight excluding hydrogens is 94.9 g/mol. The third kappa shape index (κ3) is 5.82. The van der Waals surface area contributed by atoms with Gasteiger partial charge in [-0.05, 0) is 0 Å². The van der Waals surface area contributed by atoms with Gasteiger partial charge >= 0.3 is 0 Å². The summed E-state index contributed by atoms with van der Waals surface area (Å²) in [7, 11) is 1.71. The SMILES string of the molecule is BNNNNNN. The molecule has 0 aliphatic heterocycles. The molecule has 0 amide bonds.